The van der Waals surface area contributed by atoms with Gasteiger partial charge in [0.15, 0.2) is 0 Å². The standard InChI is InChI=1S/C12H19NOSi/c1-15(2,3)11-7-6-10-13-9-5-4-8-12(13)14/h5,9H,4,6,8,10H2,1-3H3. The average Bonchev–Trinajstić information content (AvgIpc) is 2.13. The Labute approximate surface area is 93.4 Å². The van der Waals surface area contributed by atoms with Gasteiger partial charge in [-0.3, -0.25) is 4.79 Å². The minimum absolute atomic E-state index is 0.229. The summed E-state index contributed by atoms with van der Waals surface area (Å²) >= 11 is 0. The first-order valence-corrected chi connectivity index (χ1v) is 8.95. The third-order valence-electron chi connectivity index (χ3n) is 2.07. The summed E-state index contributed by atoms with van der Waals surface area (Å²) in [6, 6.07) is 0. The summed E-state index contributed by atoms with van der Waals surface area (Å²) in [7, 11) is -1.24. The van der Waals surface area contributed by atoms with Crippen LogP contribution in [0.25, 0.3) is 0 Å². The molecule has 15 heavy (non-hydrogen) atoms. The Morgan fingerprint density at radius 3 is 2.80 bits per heavy atom. The Kier molecular flexibility index (Phi) is 4.16. The summed E-state index contributed by atoms with van der Waals surface area (Å²) in [5.74, 6) is 3.41. The third kappa shape index (κ3) is 4.85. The fraction of sp³-hybridized carbons (Fsp3) is 0.583. The molecule has 1 amide bonds. The fourth-order valence-corrected chi connectivity index (χ4v) is 1.99. The van der Waals surface area contributed by atoms with Gasteiger partial charge in [0.2, 0.25) is 5.91 Å². The minimum Gasteiger partial charge on any atom is -0.318 e. The first-order chi connectivity index (χ1) is 6.99. The number of rotatable bonds is 2. The van der Waals surface area contributed by atoms with E-state index in [9.17, 15) is 4.79 Å². The molecule has 0 radical (unpaired) electrons. The molecule has 1 heterocycles. The Hall–Kier alpha value is -1.01. The monoisotopic (exact) mass is 221 g/mol. The van der Waals surface area contributed by atoms with Crippen molar-refractivity contribution in [2.75, 3.05) is 6.54 Å². The molecule has 0 saturated heterocycles. The molecule has 0 unspecified atom stereocenters. The summed E-state index contributed by atoms with van der Waals surface area (Å²) in [6.07, 6.45) is 6.27. The van der Waals surface area contributed by atoms with Crippen molar-refractivity contribution in [1.29, 1.82) is 0 Å². The van der Waals surface area contributed by atoms with Gasteiger partial charge in [-0.05, 0) is 6.42 Å². The van der Waals surface area contributed by atoms with Crippen LogP contribution in [0, 0.1) is 11.5 Å². The molecule has 82 valence electrons. The van der Waals surface area contributed by atoms with Gasteiger partial charge in [0.25, 0.3) is 0 Å². The van der Waals surface area contributed by atoms with Crippen LogP contribution in [0.5, 0.6) is 0 Å². The maximum atomic E-state index is 11.4. The molecule has 0 aromatic heterocycles. The van der Waals surface area contributed by atoms with Crippen LogP contribution in [0.3, 0.4) is 0 Å². The summed E-state index contributed by atoms with van der Waals surface area (Å²) in [4.78, 5) is 13.2. The van der Waals surface area contributed by atoms with E-state index >= 15 is 0 Å². The molecule has 0 spiro atoms. The van der Waals surface area contributed by atoms with Crippen molar-refractivity contribution in [2.24, 2.45) is 0 Å². The van der Waals surface area contributed by atoms with Crippen LogP contribution in [0.1, 0.15) is 19.3 Å². The highest BCUT2D eigenvalue weighted by molar-refractivity contribution is 6.83. The van der Waals surface area contributed by atoms with Gasteiger partial charge in [0.05, 0.1) is 0 Å². The summed E-state index contributed by atoms with van der Waals surface area (Å²) in [6.45, 7) is 7.43. The van der Waals surface area contributed by atoms with E-state index in [0.717, 1.165) is 19.4 Å². The number of amides is 1. The molecule has 0 atom stereocenters. The molecule has 0 aliphatic carbocycles. The zero-order valence-electron chi connectivity index (χ0n) is 9.84. The molecule has 0 aromatic carbocycles. The second-order valence-corrected chi connectivity index (χ2v) is 9.56. The maximum Gasteiger partial charge on any atom is 0.226 e. The number of nitrogens with zero attached hydrogens (tertiary/aromatic N) is 1. The minimum atomic E-state index is -1.24. The molecule has 0 saturated carbocycles. The molecule has 0 bridgehead atoms. The molecular weight excluding hydrogens is 202 g/mol. The van der Waals surface area contributed by atoms with Crippen molar-refractivity contribution in [1.82, 2.24) is 4.90 Å². The molecule has 0 fully saturated rings. The van der Waals surface area contributed by atoms with Gasteiger partial charge in [0, 0.05) is 25.6 Å². The van der Waals surface area contributed by atoms with E-state index in [0.29, 0.717) is 6.42 Å². The maximum absolute atomic E-state index is 11.4. The molecule has 2 nitrogen and oxygen atoms in total. The van der Waals surface area contributed by atoms with Gasteiger partial charge in [-0.15, -0.1) is 11.5 Å². The van der Waals surface area contributed by atoms with Crippen LogP contribution in [0.2, 0.25) is 19.6 Å². The van der Waals surface area contributed by atoms with Crippen LogP contribution in [-0.2, 0) is 4.79 Å². The van der Waals surface area contributed by atoms with E-state index in [1.54, 1.807) is 4.90 Å². The lowest BCUT2D eigenvalue weighted by atomic mass is 10.2. The van der Waals surface area contributed by atoms with Crippen LogP contribution in [-0.4, -0.2) is 25.4 Å². The lowest BCUT2D eigenvalue weighted by Gasteiger charge is -2.20. The zero-order chi connectivity index (χ0) is 11.3. The molecule has 1 aliphatic rings. The van der Waals surface area contributed by atoms with Gasteiger partial charge in [-0.1, -0.05) is 25.7 Å². The largest absolute Gasteiger partial charge is 0.318 e. The zero-order valence-corrected chi connectivity index (χ0v) is 10.8. The Morgan fingerprint density at radius 2 is 2.20 bits per heavy atom. The van der Waals surface area contributed by atoms with Crippen molar-refractivity contribution in [3.63, 3.8) is 0 Å². The predicted molar refractivity (Wildman–Crippen MR) is 65.8 cm³/mol. The first kappa shape index (κ1) is 12.1. The highest BCUT2D eigenvalue weighted by atomic mass is 28.3. The lowest BCUT2D eigenvalue weighted by molar-refractivity contribution is -0.129. The summed E-state index contributed by atoms with van der Waals surface area (Å²) < 4.78 is 0. The lowest BCUT2D eigenvalue weighted by Crippen LogP contribution is -2.28. The fourth-order valence-electron chi connectivity index (χ4n) is 1.34. The number of hydrogen-bond donors (Lipinski definition) is 0. The van der Waals surface area contributed by atoms with Crippen molar-refractivity contribution < 1.29 is 4.79 Å². The summed E-state index contributed by atoms with van der Waals surface area (Å²) in [5.41, 5.74) is 3.30. The normalized spacial score (nSPS) is 16.2. The highest BCUT2D eigenvalue weighted by Crippen LogP contribution is 2.07. The number of carbonyl (C=O) groups is 1. The number of carbonyl (C=O) groups excluding carboxylic acids is 1. The Bertz CT molecular complexity index is 317. The molecule has 1 rings (SSSR count). The van der Waals surface area contributed by atoms with Crippen LogP contribution in [0.4, 0.5) is 0 Å². The van der Waals surface area contributed by atoms with Crippen LogP contribution >= 0.6 is 0 Å². The third-order valence-corrected chi connectivity index (χ3v) is 3.00. The second-order valence-electron chi connectivity index (χ2n) is 4.81. The quantitative estimate of drug-likeness (QED) is 0.518. The van der Waals surface area contributed by atoms with Crippen molar-refractivity contribution in [3.05, 3.63) is 12.3 Å². The van der Waals surface area contributed by atoms with Gasteiger partial charge in [-0.2, -0.15) is 0 Å². The predicted octanol–water partition coefficient (Wildman–Crippen LogP) is 2.39. The molecule has 1 aliphatic heterocycles. The van der Waals surface area contributed by atoms with Crippen molar-refractivity contribution in [2.45, 2.75) is 38.9 Å². The Balaban J connectivity index is 2.36. The molecule has 0 aromatic rings. The van der Waals surface area contributed by atoms with Gasteiger partial charge in [-0.25, -0.2) is 0 Å². The van der Waals surface area contributed by atoms with Gasteiger partial charge in [0.1, 0.15) is 8.07 Å². The van der Waals surface area contributed by atoms with E-state index in [1.807, 2.05) is 12.3 Å². The average molecular weight is 221 g/mol. The first-order valence-electron chi connectivity index (χ1n) is 5.45. The smallest absolute Gasteiger partial charge is 0.226 e. The van der Waals surface area contributed by atoms with E-state index < -0.39 is 8.07 Å². The van der Waals surface area contributed by atoms with Crippen molar-refractivity contribution >= 4 is 14.0 Å². The molecule has 0 N–H and O–H groups in total. The van der Waals surface area contributed by atoms with E-state index in [-0.39, 0.29) is 5.91 Å². The SMILES string of the molecule is C[Si](C)(C)C#CCCN1C=CCCC1=O. The number of allylic oxidation sites excluding steroid dienone is 1. The second kappa shape index (κ2) is 5.18. The highest BCUT2D eigenvalue weighted by Gasteiger charge is 2.12. The van der Waals surface area contributed by atoms with Gasteiger partial charge >= 0.3 is 0 Å². The van der Waals surface area contributed by atoms with E-state index in [4.69, 9.17) is 0 Å². The van der Waals surface area contributed by atoms with E-state index in [1.165, 1.54) is 0 Å². The molecule has 3 heteroatoms. The topological polar surface area (TPSA) is 20.3 Å². The summed E-state index contributed by atoms with van der Waals surface area (Å²) in [5, 5.41) is 0. The molecular formula is C12H19NOSi. The van der Waals surface area contributed by atoms with E-state index in [2.05, 4.69) is 31.1 Å². The number of hydrogen-bond acceptors (Lipinski definition) is 1. The van der Waals surface area contributed by atoms with Crippen molar-refractivity contribution in [3.8, 4) is 11.5 Å². The van der Waals surface area contributed by atoms with Crippen LogP contribution < -0.4 is 0 Å². The van der Waals surface area contributed by atoms with Crippen LogP contribution in [0.15, 0.2) is 12.3 Å². The van der Waals surface area contributed by atoms with Gasteiger partial charge < -0.3 is 4.90 Å². The Morgan fingerprint density at radius 1 is 1.47 bits per heavy atom.